The summed E-state index contributed by atoms with van der Waals surface area (Å²) in [6.07, 6.45) is 6.52. The number of guanidine groups is 1. The SMILES string of the molecule is CN=C(NCC1(N(C)C)CCCC1)N1CCN(CC2CCOC2)CC1. The highest BCUT2D eigenvalue weighted by Gasteiger charge is 2.36. The topological polar surface area (TPSA) is 43.3 Å². The molecule has 6 nitrogen and oxygen atoms in total. The lowest BCUT2D eigenvalue weighted by Crippen LogP contribution is -2.57. The van der Waals surface area contributed by atoms with Crippen molar-refractivity contribution in [3.8, 4) is 0 Å². The van der Waals surface area contributed by atoms with Crippen molar-refractivity contribution in [2.75, 3.05) is 73.6 Å². The minimum absolute atomic E-state index is 0.306. The van der Waals surface area contributed by atoms with E-state index in [0.29, 0.717) is 5.54 Å². The summed E-state index contributed by atoms with van der Waals surface area (Å²) in [5, 5.41) is 3.69. The van der Waals surface area contributed by atoms with Gasteiger partial charge in [-0.2, -0.15) is 0 Å². The minimum atomic E-state index is 0.306. The molecule has 1 aliphatic carbocycles. The fourth-order valence-corrected chi connectivity index (χ4v) is 4.63. The van der Waals surface area contributed by atoms with E-state index in [0.717, 1.165) is 57.8 Å². The van der Waals surface area contributed by atoms with Crippen LogP contribution in [0.15, 0.2) is 4.99 Å². The molecule has 144 valence electrons. The Hall–Kier alpha value is -0.850. The highest BCUT2D eigenvalue weighted by atomic mass is 16.5. The van der Waals surface area contributed by atoms with Crippen molar-refractivity contribution in [2.24, 2.45) is 10.9 Å². The van der Waals surface area contributed by atoms with E-state index in [1.807, 2.05) is 7.05 Å². The number of ether oxygens (including phenoxy) is 1. The molecule has 3 aliphatic rings. The number of piperazine rings is 1. The molecule has 1 N–H and O–H groups in total. The zero-order valence-electron chi connectivity index (χ0n) is 16.5. The summed E-state index contributed by atoms with van der Waals surface area (Å²) in [6, 6.07) is 0. The van der Waals surface area contributed by atoms with Crippen molar-refractivity contribution >= 4 is 5.96 Å². The molecule has 25 heavy (non-hydrogen) atoms. The summed E-state index contributed by atoms with van der Waals surface area (Å²) in [5.41, 5.74) is 0.306. The van der Waals surface area contributed by atoms with E-state index < -0.39 is 0 Å². The van der Waals surface area contributed by atoms with Gasteiger partial charge in [-0.05, 0) is 39.3 Å². The van der Waals surface area contributed by atoms with Crippen LogP contribution in [0, 0.1) is 5.92 Å². The first kappa shape index (κ1) is 18.9. The lowest BCUT2D eigenvalue weighted by Gasteiger charge is -2.40. The molecule has 1 saturated carbocycles. The quantitative estimate of drug-likeness (QED) is 0.593. The summed E-state index contributed by atoms with van der Waals surface area (Å²) >= 11 is 0. The lowest BCUT2D eigenvalue weighted by atomic mass is 9.96. The molecule has 0 aromatic rings. The Kier molecular flexibility index (Phi) is 6.58. The Morgan fingerprint density at radius 3 is 2.48 bits per heavy atom. The number of hydrogen-bond donors (Lipinski definition) is 1. The molecule has 0 spiro atoms. The van der Waals surface area contributed by atoms with Gasteiger partial charge in [0.15, 0.2) is 5.96 Å². The molecule has 1 unspecified atom stereocenters. The van der Waals surface area contributed by atoms with Gasteiger partial charge in [0.05, 0.1) is 6.61 Å². The molecule has 2 heterocycles. The zero-order valence-corrected chi connectivity index (χ0v) is 16.5. The van der Waals surface area contributed by atoms with Gasteiger partial charge in [-0.15, -0.1) is 0 Å². The van der Waals surface area contributed by atoms with Crippen molar-refractivity contribution in [3.05, 3.63) is 0 Å². The first-order chi connectivity index (χ1) is 12.1. The Labute approximate surface area is 153 Å². The average molecular weight is 352 g/mol. The summed E-state index contributed by atoms with van der Waals surface area (Å²) in [7, 11) is 6.37. The van der Waals surface area contributed by atoms with Crippen molar-refractivity contribution in [2.45, 2.75) is 37.6 Å². The van der Waals surface area contributed by atoms with Gasteiger partial charge in [-0.1, -0.05) is 12.8 Å². The van der Waals surface area contributed by atoms with Crippen molar-refractivity contribution in [1.29, 1.82) is 0 Å². The Bertz CT molecular complexity index is 433. The monoisotopic (exact) mass is 351 g/mol. The maximum Gasteiger partial charge on any atom is 0.193 e. The number of aliphatic imine (C=N–C) groups is 1. The van der Waals surface area contributed by atoms with Gasteiger partial charge in [0.25, 0.3) is 0 Å². The van der Waals surface area contributed by atoms with Gasteiger partial charge in [0, 0.05) is 58.5 Å². The van der Waals surface area contributed by atoms with Crippen LogP contribution in [0.4, 0.5) is 0 Å². The predicted octanol–water partition coefficient (Wildman–Crippen LogP) is 1.09. The van der Waals surface area contributed by atoms with E-state index in [2.05, 4.69) is 39.1 Å². The molecule has 0 radical (unpaired) electrons. The Balaban J connectivity index is 1.46. The van der Waals surface area contributed by atoms with Gasteiger partial charge < -0.3 is 19.9 Å². The minimum Gasteiger partial charge on any atom is -0.381 e. The lowest BCUT2D eigenvalue weighted by molar-refractivity contribution is 0.136. The second-order valence-corrected chi connectivity index (χ2v) is 8.24. The van der Waals surface area contributed by atoms with Gasteiger partial charge in [-0.25, -0.2) is 0 Å². The first-order valence-electron chi connectivity index (χ1n) is 10.1. The van der Waals surface area contributed by atoms with Crippen LogP contribution in [0.1, 0.15) is 32.1 Å². The fourth-order valence-electron chi connectivity index (χ4n) is 4.63. The third-order valence-electron chi connectivity index (χ3n) is 6.48. The van der Waals surface area contributed by atoms with Crippen molar-refractivity contribution in [1.82, 2.24) is 20.0 Å². The number of nitrogens with zero attached hydrogens (tertiary/aromatic N) is 4. The van der Waals surface area contributed by atoms with Crippen LogP contribution in [-0.2, 0) is 4.74 Å². The Morgan fingerprint density at radius 2 is 1.92 bits per heavy atom. The van der Waals surface area contributed by atoms with Crippen molar-refractivity contribution in [3.63, 3.8) is 0 Å². The molecule has 0 aromatic heterocycles. The highest BCUT2D eigenvalue weighted by molar-refractivity contribution is 5.80. The summed E-state index contributed by atoms with van der Waals surface area (Å²) in [4.78, 5) is 12.0. The summed E-state index contributed by atoms with van der Waals surface area (Å²) in [5.74, 6) is 1.82. The van der Waals surface area contributed by atoms with E-state index in [1.165, 1.54) is 38.6 Å². The number of hydrogen-bond acceptors (Lipinski definition) is 4. The van der Waals surface area contributed by atoms with Crippen LogP contribution in [0.3, 0.4) is 0 Å². The standard InChI is InChI=1S/C19H37N5O/c1-20-18(21-16-19(22(2)3)7-4-5-8-19)24-11-9-23(10-12-24)14-17-6-13-25-15-17/h17H,4-16H2,1-3H3,(H,20,21). The van der Waals surface area contributed by atoms with Crippen LogP contribution in [-0.4, -0.2) is 99.8 Å². The highest BCUT2D eigenvalue weighted by Crippen LogP contribution is 2.33. The zero-order chi connectivity index (χ0) is 17.7. The van der Waals surface area contributed by atoms with E-state index in [4.69, 9.17) is 4.74 Å². The van der Waals surface area contributed by atoms with Crippen LogP contribution in [0.5, 0.6) is 0 Å². The fraction of sp³-hybridized carbons (Fsp3) is 0.947. The number of nitrogens with one attached hydrogen (secondary N) is 1. The molecule has 2 aliphatic heterocycles. The third kappa shape index (κ3) is 4.66. The Morgan fingerprint density at radius 1 is 1.20 bits per heavy atom. The van der Waals surface area contributed by atoms with Crippen LogP contribution >= 0.6 is 0 Å². The molecular formula is C19H37N5O. The van der Waals surface area contributed by atoms with Gasteiger partial charge >= 0.3 is 0 Å². The molecule has 3 fully saturated rings. The molecular weight excluding hydrogens is 314 g/mol. The maximum atomic E-state index is 5.51. The van der Waals surface area contributed by atoms with Gasteiger partial charge in [0.1, 0.15) is 0 Å². The first-order valence-corrected chi connectivity index (χ1v) is 10.1. The smallest absolute Gasteiger partial charge is 0.193 e. The number of rotatable bonds is 5. The van der Waals surface area contributed by atoms with Gasteiger partial charge in [0.2, 0.25) is 0 Å². The largest absolute Gasteiger partial charge is 0.381 e. The summed E-state index contributed by atoms with van der Waals surface area (Å²) < 4.78 is 5.51. The average Bonchev–Trinajstić information content (AvgIpc) is 3.29. The predicted molar refractivity (Wildman–Crippen MR) is 103 cm³/mol. The van der Waals surface area contributed by atoms with E-state index in [-0.39, 0.29) is 0 Å². The molecule has 0 amide bonds. The molecule has 0 bridgehead atoms. The second kappa shape index (κ2) is 8.69. The van der Waals surface area contributed by atoms with E-state index in [9.17, 15) is 0 Å². The third-order valence-corrected chi connectivity index (χ3v) is 6.48. The molecule has 1 atom stereocenters. The molecule has 2 saturated heterocycles. The summed E-state index contributed by atoms with van der Waals surface area (Å²) in [6.45, 7) is 8.53. The molecule has 3 rings (SSSR count). The molecule has 0 aromatic carbocycles. The molecule has 6 heteroatoms. The van der Waals surface area contributed by atoms with Crippen LogP contribution < -0.4 is 5.32 Å². The number of likely N-dealkylation sites (N-methyl/N-ethyl adjacent to an activating group) is 1. The second-order valence-electron chi connectivity index (χ2n) is 8.24. The maximum absolute atomic E-state index is 5.51. The van der Waals surface area contributed by atoms with Gasteiger partial charge in [-0.3, -0.25) is 9.89 Å². The van der Waals surface area contributed by atoms with E-state index >= 15 is 0 Å². The van der Waals surface area contributed by atoms with Crippen LogP contribution in [0.2, 0.25) is 0 Å². The van der Waals surface area contributed by atoms with Crippen LogP contribution in [0.25, 0.3) is 0 Å². The van der Waals surface area contributed by atoms with Crippen molar-refractivity contribution < 1.29 is 4.74 Å². The van der Waals surface area contributed by atoms with E-state index in [1.54, 1.807) is 0 Å². The normalized spacial score (nSPS) is 28.1.